The van der Waals surface area contributed by atoms with E-state index in [1.807, 2.05) is 6.92 Å². The first-order chi connectivity index (χ1) is 9.20. The minimum absolute atomic E-state index is 0.230. The molecule has 0 bridgehead atoms. The Hall–Kier alpha value is -1.83. The molecule has 2 heterocycles. The molecule has 1 atom stereocenters. The topological polar surface area (TPSA) is 77.0 Å². The summed E-state index contributed by atoms with van der Waals surface area (Å²) in [4.78, 5) is 0.849. The Morgan fingerprint density at radius 2 is 2.32 bits per heavy atom. The minimum Gasteiger partial charge on any atom is -0.456 e. The van der Waals surface area contributed by atoms with Gasteiger partial charge in [-0.25, -0.2) is 9.82 Å². The number of nitrogens with zero attached hydrogens (tertiary/aromatic N) is 2. The molecule has 0 aliphatic carbocycles. The summed E-state index contributed by atoms with van der Waals surface area (Å²) in [6.45, 7) is 1.84. The molecule has 3 N–H and O–H groups in total. The average Bonchev–Trinajstić information content (AvgIpc) is 2.99. The number of rotatable bonds is 3. The first-order valence-corrected chi connectivity index (χ1v) is 6.41. The van der Waals surface area contributed by atoms with E-state index in [1.54, 1.807) is 18.2 Å². The maximum atomic E-state index is 13.6. The van der Waals surface area contributed by atoms with E-state index in [0.717, 1.165) is 10.6 Å². The third-order valence-electron chi connectivity index (χ3n) is 2.92. The van der Waals surface area contributed by atoms with Crippen LogP contribution in [0.4, 0.5) is 4.39 Å². The number of benzene rings is 1. The molecular formula is C12H11FN4OS. The Morgan fingerprint density at radius 3 is 2.95 bits per heavy atom. The van der Waals surface area contributed by atoms with Crippen LogP contribution in [0.2, 0.25) is 0 Å². The highest BCUT2D eigenvalue weighted by molar-refractivity contribution is 7.05. The third-order valence-corrected chi connectivity index (χ3v) is 3.81. The van der Waals surface area contributed by atoms with Crippen LogP contribution >= 0.6 is 11.5 Å². The summed E-state index contributed by atoms with van der Waals surface area (Å²) in [6.07, 6.45) is 0. The molecule has 0 aliphatic rings. The van der Waals surface area contributed by atoms with Crippen molar-refractivity contribution < 1.29 is 8.81 Å². The molecule has 1 unspecified atom stereocenters. The summed E-state index contributed by atoms with van der Waals surface area (Å²) in [5.74, 6) is 5.72. The molecular weight excluding hydrogens is 267 g/mol. The van der Waals surface area contributed by atoms with Crippen LogP contribution in [0.1, 0.15) is 22.4 Å². The SMILES string of the molecule is Cc1nnsc1C(NN)c1cc2cccc(F)c2o1. The Kier molecular flexibility index (Phi) is 3.02. The number of aromatic nitrogens is 2. The monoisotopic (exact) mass is 278 g/mol. The Balaban J connectivity index is 2.12. The molecule has 0 fully saturated rings. The van der Waals surface area contributed by atoms with E-state index < -0.39 is 5.82 Å². The van der Waals surface area contributed by atoms with Crippen molar-refractivity contribution in [2.24, 2.45) is 5.84 Å². The molecule has 2 aromatic heterocycles. The van der Waals surface area contributed by atoms with Gasteiger partial charge < -0.3 is 4.42 Å². The quantitative estimate of drug-likeness (QED) is 0.568. The van der Waals surface area contributed by atoms with E-state index >= 15 is 0 Å². The first kappa shape index (κ1) is 12.2. The third kappa shape index (κ3) is 2.01. The standard InChI is InChI=1S/C12H11FN4OS/c1-6-12(19-17-16-6)10(15-14)9-5-7-3-2-4-8(13)11(7)18-9/h2-5,10,15H,14H2,1H3. The largest absolute Gasteiger partial charge is 0.456 e. The molecule has 98 valence electrons. The van der Waals surface area contributed by atoms with E-state index in [-0.39, 0.29) is 11.6 Å². The van der Waals surface area contributed by atoms with Gasteiger partial charge in [0.05, 0.1) is 10.6 Å². The zero-order valence-corrected chi connectivity index (χ0v) is 10.9. The number of hydrazine groups is 1. The lowest BCUT2D eigenvalue weighted by Gasteiger charge is -2.10. The molecule has 7 heteroatoms. The second-order valence-corrected chi connectivity index (χ2v) is 4.91. The predicted molar refractivity (Wildman–Crippen MR) is 70.0 cm³/mol. The van der Waals surface area contributed by atoms with Crippen molar-refractivity contribution in [3.63, 3.8) is 0 Å². The number of nitrogens with one attached hydrogen (secondary N) is 1. The second-order valence-electron chi connectivity index (χ2n) is 4.13. The molecule has 0 spiro atoms. The summed E-state index contributed by atoms with van der Waals surface area (Å²) in [5.41, 5.74) is 3.66. The smallest absolute Gasteiger partial charge is 0.169 e. The van der Waals surface area contributed by atoms with E-state index in [0.29, 0.717) is 11.1 Å². The lowest BCUT2D eigenvalue weighted by Crippen LogP contribution is -2.28. The number of hydrogen-bond acceptors (Lipinski definition) is 6. The molecule has 3 rings (SSSR count). The van der Waals surface area contributed by atoms with Crippen molar-refractivity contribution >= 4 is 22.5 Å². The highest BCUT2D eigenvalue weighted by atomic mass is 32.1. The van der Waals surface area contributed by atoms with Gasteiger partial charge in [0.15, 0.2) is 11.4 Å². The number of fused-ring (bicyclic) bond motifs is 1. The summed E-state index contributed by atoms with van der Waals surface area (Å²) in [7, 11) is 0. The van der Waals surface area contributed by atoms with Crippen LogP contribution in [0.15, 0.2) is 28.7 Å². The van der Waals surface area contributed by atoms with Crippen LogP contribution in [-0.4, -0.2) is 9.59 Å². The average molecular weight is 278 g/mol. The number of hydrogen-bond donors (Lipinski definition) is 2. The van der Waals surface area contributed by atoms with Crippen molar-refractivity contribution in [1.82, 2.24) is 15.0 Å². The summed E-state index contributed by atoms with van der Waals surface area (Å²) in [5, 5.41) is 4.64. The van der Waals surface area contributed by atoms with Crippen molar-refractivity contribution in [2.45, 2.75) is 13.0 Å². The van der Waals surface area contributed by atoms with Gasteiger partial charge in [0.25, 0.3) is 0 Å². The molecule has 19 heavy (non-hydrogen) atoms. The number of nitrogens with two attached hydrogens (primary N) is 1. The van der Waals surface area contributed by atoms with Crippen LogP contribution < -0.4 is 11.3 Å². The van der Waals surface area contributed by atoms with Crippen LogP contribution in [0.5, 0.6) is 0 Å². The molecule has 0 amide bonds. The Labute approximate surface area is 112 Å². The van der Waals surface area contributed by atoms with E-state index in [4.69, 9.17) is 10.3 Å². The Bertz CT molecular complexity index is 723. The van der Waals surface area contributed by atoms with Gasteiger partial charge >= 0.3 is 0 Å². The summed E-state index contributed by atoms with van der Waals surface area (Å²) >= 11 is 1.23. The fraction of sp³-hybridized carbons (Fsp3) is 0.167. The number of furan rings is 1. The molecule has 5 nitrogen and oxygen atoms in total. The second kappa shape index (κ2) is 4.69. The van der Waals surface area contributed by atoms with Gasteiger partial charge in [-0.05, 0) is 30.6 Å². The predicted octanol–water partition coefficient (Wildman–Crippen LogP) is 2.28. The number of para-hydroxylation sites is 1. The zero-order valence-electron chi connectivity index (χ0n) is 10.1. The van der Waals surface area contributed by atoms with Gasteiger partial charge in [0, 0.05) is 5.39 Å². The van der Waals surface area contributed by atoms with Gasteiger partial charge in [-0.2, -0.15) is 0 Å². The molecule has 3 aromatic rings. The Morgan fingerprint density at radius 1 is 1.47 bits per heavy atom. The van der Waals surface area contributed by atoms with Gasteiger partial charge in [0.1, 0.15) is 11.8 Å². The molecule has 0 saturated heterocycles. The minimum atomic E-state index is -0.390. The van der Waals surface area contributed by atoms with Crippen LogP contribution in [0.25, 0.3) is 11.0 Å². The zero-order chi connectivity index (χ0) is 13.4. The highest BCUT2D eigenvalue weighted by Gasteiger charge is 2.22. The fourth-order valence-corrected chi connectivity index (χ4v) is 2.69. The number of aryl methyl sites for hydroxylation is 1. The van der Waals surface area contributed by atoms with Crippen molar-refractivity contribution in [1.29, 1.82) is 0 Å². The van der Waals surface area contributed by atoms with Crippen LogP contribution in [0.3, 0.4) is 0 Å². The summed E-state index contributed by atoms with van der Waals surface area (Å²) in [6, 6.07) is 6.17. The van der Waals surface area contributed by atoms with Crippen molar-refractivity contribution in [3.8, 4) is 0 Å². The lowest BCUT2D eigenvalue weighted by molar-refractivity contribution is 0.467. The van der Waals surface area contributed by atoms with Gasteiger partial charge in [0.2, 0.25) is 0 Å². The maximum absolute atomic E-state index is 13.6. The molecule has 0 saturated carbocycles. The van der Waals surface area contributed by atoms with Crippen LogP contribution in [-0.2, 0) is 0 Å². The van der Waals surface area contributed by atoms with E-state index in [2.05, 4.69) is 15.0 Å². The first-order valence-electron chi connectivity index (χ1n) is 5.63. The number of halogens is 1. The van der Waals surface area contributed by atoms with Gasteiger partial charge in [-0.1, -0.05) is 16.6 Å². The van der Waals surface area contributed by atoms with Crippen molar-refractivity contribution in [2.75, 3.05) is 0 Å². The normalized spacial score (nSPS) is 13.0. The highest BCUT2D eigenvalue weighted by Crippen LogP contribution is 2.31. The molecule has 0 radical (unpaired) electrons. The lowest BCUT2D eigenvalue weighted by atomic mass is 10.1. The van der Waals surface area contributed by atoms with Gasteiger partial charge in [-0.3, -0.25) is 5.84 Å². The van der Waals surface area contributed by atoms with Crippen molar-refractivity contribution in [3.05, 3.63) is 46.4 Å². The molecule has 1 aromatic carbocycles. The fourth-order valence-electron chi connectivity index (χ4n) is 1.98. The van der Waals surface area contributed by atoms with Gasteiger partial charge in [-0.15, -0.1) is 5.10 Å². The molecule has 0 aliphatic heterocycles. The van der Waals surface area contributed by atoms with E-state index in [9.17, 15) is 4.39 Å². The van der Waals surface area contributed by atoms with Crippen LogP contribution in [0, 0.1) is 12.7 Å². The summed E-state index contributed by atoms with van der Waals surface area (Å²) < 4.78 is 23.1. The maximum Gasteiger partial charge on any atom is 0.169 e. The van der Waals surface area contributed by atoms with E-state index in [1.165, 1.54) is 17.6 Å².